The Kier molecular flexibility index (Phi) is 3.16. The first-order valence-corrected chi connectivity index (χ1v) is 6.59. The third-order valence-corrected chi connectivity index (χ3v) is 4.36. The first-order chi connectivity index (χ1) is 8.07. The van der Waals surface area contributed by atoms with Crippen molar-refractivity contribution in [2.75, 3.05) is 0 Å². The number of nitrogens with one attached hydrogen (secondary N) is 1. The molecule has 1 aliphatic carbocycles. The van der Waals surface area contributed by atoms with Gasteiger partial charge in [-0.2, -0.15) is 5.26 Å². The lowest BCUT2D eigenvalue weighted by Gasteiger charge is -2.34. The molecule has 1 fully saturated rings. The zero-order valence-electron chi connectivity index (χ0n) is 9.99. The van der Waals surface area contributed by atoms with Crippen molar-refractivity contribution >= 4 is 17.2 Å². The fourth-order valence-corrected chi connectivity index (χ4v) is 2.69. The number of thiazole rings is 1. The lowest BCUT2D eigenvalue weighted by atomic mass is 9.69. The molecule has 1 amide bonds. The van der Waals surface area contributed by atoms with Crippen LogP contribution in [0.4, 0.5) is 0 Å². The molecule has 0 spiro atoms. The van der Waals surface area contributed by atoms with E-state index < -0.39 is 5.41 Å². The molecule has 1 heterocycles. The number of carbonyl (C=O) groups is 1. The molecule has 4 nitrogen and oxygen atoms in total. The number of carbonyl (C=O) groups excluding carboxylic acids is 1. The van der Waals surface area contributed by atoms with Crippen LogP contribution in [0.25, 0.3) is 0 Å². The fraction of sp³-hybridized carbons (Fsp3) is 0.583. The topological polar surface area (TPSA) is 65.8 Å². The maximum absolute atomic E-state index is 12.0. The highest BCUT2D eigenvalue weighted by atomic mass is 32.1. The molecule has 1 aliphatic rings. The second kappa shape index (κ2) is 4.46. The zero-order chi connectivity index (χ0) is 12.5. The molecule has 1 aromatic heterocycles. The minimum Gasteiger partial charge on any atom is -0.346 e. The Morgan fingerprint density at radius 3 is 2.82 bits per heavy atom. The number of nitriles is 1. The Bertz CT molecular complexity index is 470. The summed E-state index contributed by atoms with van der Waals surface area (Å²) < 4.78 is 0. The van der Waals surface area contributed by atoms with E-state index in [-0.39, 0.29) is 11.9 Å². The van der Waals surface area contributed by atoms with Crippen LogP contribution in [0.2, 0.25) is 0 Å². The van der Waals surface area contributed by atoms with Gasteiger partial charge in [-0.15, -0.1) is 11.3 Å². The summed E-state index contributed by atoms with van der Waals surface area (Å²) in [6.45, 7) is 3.83. The summed E-state index contributed by atoms with van der Waals surface area (Å²) in [7, 11) is 0. The Hall–Kier alpha value is -1.41. The van der Waals surface area contributed by atoms with E-state index in [9.17, 15) is 4.79 Å². The Morgan fingerprint density at radius 1 is 1.71 bits per heavy atom. The minimum atomic E-state index is -0.777. The molecule has 2 rings (SSSR count). The first-order valence-electron chi connectivity index (χ1n) is 5.72. The van der Waals surface area contributed by atoms with E-state index in [4.69, 9.17) is 5.26 Å². The normalized spacial score (nSPS) is 18.9. The Labute approximate surface area is 105 Å². The van der Waals surface area contributed by atoms with Crippen LogP contribution in [0.5, 0.6) is 0 Å². The second-order valence-corrected chi connectivity index (χ2v) is 5.46. The summed E-state index contributed by atoms with van der Waals surface area (Å²) in [5.74, 6) is -0.147. The number of hydrogen-bond acceptors (Lipinski definition) is 4. The van der Waals surface area contributed by atoms with Gasteiger partial charge < -0.3 is 5.32 Å². The van der Waals surface area contributed by atoms with E-state index in [1.54, 1.807) is 0 Å². The molecule has 0 aromatic carbocycles. The fourth-order valence-electron chi connectivity index (χ4n) is 1.89. The number of amides is 1. The van der Waals surface area contributed by atoms with Gasteiger partial charge in [-0.3, -0.25) is 4.79 Å². The summed E-state index contributed by atoms with van der Waals surface area (Å²) in [6.07, 6.45) is 2.32. The molecular weight excluding hydrogens is 234 g/mol. The SMILES string of the molecule is Cc1csc(C(C)NC(=O)C2(C#N)CCC2)n1. The van der Waals surface area contributed by atoms with Gasteiger partial charge in [0.2, 0.25) is 5.91 Å². The van der Waals surface area contributed by atoms with Crippen LogP contribution >= 0.6 is 11.3 Å². The van der Waals surface area contributed by atoms with Crippen LogP contribution in [-0.4, -0.2) is 10.9 Å². The lowest BCUT2D eigenvalue weighted by Crippen LogP contribution is -2.45. The van der Waals surface area contributed by atoms with Gasteiger partial charge in [0.1, 0.15) is 10.4 Å². The molecule has 1 saturated carbocycles. The summed E-state index contributed by atoms with van der Waals surface area (Å²) in [6, 6.07) is 2.03. The monoisotopic (exact) mass is 249 g/mol. The van der Waals surface area contributed by atoms with Crippen LogP contribution in [0, 0.1) is 23.7 Å². The Morgan fingerprint density at radius 2 is 2.41 bits per heavy atom. The van der Waals surface area contributed by atoms with Gasteiger partial charge in [-0.05, 0) is 33.1 Å². The van der Waals surface area contributed by atoms with Crippen molar-refractivity contribution < 1.29 is 4.79 Å². The summed E-state index contributed by atoms with van der Waals surface area (Å²) >= 11 is 1.53. The maximum Gasteiger partial charge on any atom is 0.241 e. The summed E-state index contributed by atoms with van der Waals surface area (Å²) in [5, 5.41) is 14.8. The highest BCUT2D eigenvalue weighted by molar-refractivity contribution is 7.09. The molecule has 1 unspecified atom stereocenters. The molecule has 0 radical (unpaired) electrons. The second-order valence-electron chi connectivity index (χ2n) is 4.57. The van der Waals surface area contributed by atoms with E-state index in [2.05, 4.69) is 16.4 Å². The van der Waals surface area contributed by atoms with Gasteiger partial charge >= 0.3 is 0 Å². The van der Waals surface area contributed by atoms with Gasteiger partial charge in [0, 0.05) is 11.1 Å². The molecule has 0 saturated heterocycles. The van der Waals surface area contributed by atoms with Crippen molar-refractivity contribution in [1.29, 1.82) is 5.26 Å². The van der Waals surface area contributed by atoms with Crippen molar-refractivity contribution in [3.05, 3.63) is 16.1 Å². The molecule has 90 valence electrons. The van der Waals surface area contributed by atoms with Gasteiger partial charge in [0.05, 0.1) is 12.1 Å². The first kappa shape index (κ1) is 12.1. The van der Waals surface area contributed by atoms with Crippen LogP contribution in [-0.2, 0) is 4.79 Å². The third kappa shape index (κ3) is 2.18. The molecule has 17 heavy (non-hydrogen) atoms. The average molecular weight is 249 g/mol. The van der Waals surface area contributed by atoms with Gasteiger partial charge in [0.15, 0.2) is 0 Å². The summed E-state index contributed by atoms with van der Waals surface area (Å²) in [4.78, 5) is 16.3. The zero-order valence-corrected chi connectivity index (χ0v) is 10.8. The van der Waals surface area contributed by atoms with E-state index in [0.29, 0.717) is 12.8 Å². The Balaban J connectivity index is 2.02. The molecule has 0 bridgehead atoms. The van der Waals surface area contributed by atoms with Crippen molar-refractivity contribution in [3.8, 4) is 6.07 Å². The number of nitrogens with zero attached hydrogens (tertiary/aromatic N) is 2. The third-order valence-electron chi connectivity index (χ3n) is 3.21. The van der Waals surface area contributed by atoms with E-state index >= 15 is 0 Å². The van der Waals surface area contributed by atoms with Gasteiger partial charge in [-0.25, -0.2) is 4.98 Å². The number of rotatable bonds is 3. The minimum absolute atomic E-state index is 0.118. The predicted molar refractivity (Wildman–Crippen MR) is 65.3 cm³/mol. The number of aryl methyl sites for hydroxylation is 1. The molecule has 0 aliphatic heterocycles. The lowest BCUT2D eigenvalue weighted by molar-refractivity contribution is -0.132. The quantitative estimate of drug-likeness (QED) is 0.894. The highest BCUT2D eigenvalue weighted by Gasteiger charge is 2.45. The van der Waals surface area contributed by atoms with Gasteiger partial charge in [0.25, 0.3) is 0 Å². The van der Waals surface area contributed by atoms with E-state index in [0.717, 1.165) is 17.1 Å². The smallest absolute Gasteiger partial charge is 0.241 e. The summed E-state index contributed by atoms with van der Waals surface area (Å²) in [5.41, 5.74) is 0.186. The van der Waals surface area contributed by atoms with Crippen molar-refractivity contribution in [1.82, 2.24) is 10.3 Å². The highest BCUT2D eigenvalue weighted by Crippen LogP contribution is 2.40. The largest absolute Gasteiger partial charge is 0.346 e. The maximum atomic E-state index is 12.0. The van der Waals surface area contributed by atoms with E-state index in [1.165, 1.54) is 11.3 Å². The number of aromatic nitrogens is 1. The van der Waals surface area contributed by atoms with Crippen molar-refractivity contribution in [3.63, 3.8) is 0 Å². The van der Waals surface area contributed by atoms with Crippen LogP contribution in [0.1, 0.15) is 42.9 Å². The van der Waals surface area contributed by atoms with Crippen LogP contribution < -0.4 is 5.32 Å². The predicted octanol–water partition coefficient (Wildman–Crippen LogP) is 2.32. The average Bonchev–Trinajstić information content (AvgIpc) is 2.64. The van der Waals surface area contributed by atoms with Crippen molar-refractivity contribution in [2.45, 2.75) is 39.2 Å². The molecule has 1 aromatic rings. The molecule has 1 N–H and O–H groups in total. The number of hydrogen-bond donors (Lipinski definition) is 1. The molecule has 5 heteroatoms. The molecular formula is C12H15N3OS. The van der Waals surface area contributed by atoms with E-state index in [1.807, 2.05) is 19.2 Å². The van der Waals surface area contributed by atoms with Crippen LogP contribution in [0.15, 0.2) is 5.38 Å². The van der Waals surface area contributed by atoms with Crippen molar-refractivity contribution in [2.24, 2.45) is 5.41 Å². The standard InChI is InChI=1S/C12H15N3OS/c1-8-6-17-10(14-8)9(2)15-11(16)12(7-13)4-3-5-12/h6,9H,3-5H2,1-2H3,(H,15,16). The van der Waals surface area contributed by atoms with Gasteiger partial charge in [-0.1, -0.05) is 0 Å². The molecule has 1 atom stereocenters. The van der Waals surface area contributed by atoms with Crippen LogP contribution in [0.3, 0.4) is 0 Å².